The number of nitro groups is 1. The Morgan fingerprint density at radius 2 is 2.00 bits per heavy atom. The molecule has 4 heteroatoms. The van der Waals surface area contributed by atoms with Gasteiger partial charge in [-0.25, -0.2) is 0 Å². The molecule has 1 N–H and O–H groups in total. The molecule has 0 aromatic rings. The molecule has 0 aromatic carbocycles. The van der Waals surface area contributed by atoms with Gasteiger partial charge in [0.15, 0.2) is 0 Å². The fraction of sp³-hybridized carbons (Fsp3) is 1.00. The molecule has 0 unspecified atom stereocenters. The molecule has 0 spiro atoms. The van der Waals surface area contributed by atoms with Gasteiger partial charge in [0.25, 0.3) is 0 Å². The van der Waals surface area contributed by atoms with Gasteiger partial charge in [0.05, 0.1) is 0 Å². The van der Waals surface area contributed by atoms with Crippen molar-refractivity contribution in [1.82, 2.24) is 0 Å². The largest absolute Gasteiger partial charge is 0.400 e. The summed E-state index contributed by atoms with van der Waals surface area (Å²) in [7, 11) is 1.00. The maximum Gasteiger partial charge on any atom is 0.203 e. The lowest BCUT2D eigenvalue weighted by Gasteiger charge is -1.80. The average molecular weight is 121 g/mol. The van der Waals surface area contributed by atoms with E-state index in [-0.39, 0.29) is 11.5 Å². The minimum absolute atomic E-state index is 0.0972. The van der Waals surface area contributed by atoms with Crippen LogP contribution in [-0.4, -0.2) is 23.7 Å². The first-order valence-electron chi connectivity index (χ1n) is 2.34. The number of nitrogens with zero attached hydrogens (tertiary/aromatic N) is 1. The smallest absolute Gasteiger partial charge is 0.203 e. The van der Waals surface area contributed by atoms with Crippen molar-refractivity contribution in [2.24, 2.45) is 0 Å². The third-order valence-corrected chi connectivity index (χ3v) is 0.406. The highest BCUT2D eigenvalue weighted by Gasteiger charge is 1.85. The molecule has 0 rings (SSSR count). The maximum absolute atomic E-state index is 9.40. The molecule has 0 aliphatic carbocycles. The molecule has 0 fully saturated rings. The number of hydrogen-bond donors (Lipinski definition) is 1. The molecule has 0 atom stereocenters. The quantitative estimate of drug-likeness (QED) is 0.421. The van der Waals surface area contributed by atoms with E-state index in [1.165, 1.54) is 0 Å². The van der Waals surface area contributed by atoms with E-state index in [9.17, 15) is 10.1 Å². The molecule has 4 nitrogen and oxygen atoms in total. The topological polar surface area (TPSA) is 63.4 Å². The van der Waals surface area contributed by atoms with Crippen molar-refractivity contribution < 1.29 is 10.0 Å². The van der Waals surface area contributed by atoms with Crippen LogP contribution in [0.25, 0.3) is 0 Å². The highest BCUT2D eigenvalue weighted by atomic mass is 16.6. The van der Waals surface area contributed by atoms with Gasteiger partial charge in [0.1, 0.15) is 0 Å². The molecule has 50 valence electrons. The van der Waals surface area contributed by atoms with E-state index in [2.05, 4.69) is 0 Å². The summed E-state index contributed by atoms with van der Waals surface area (Å²) in [5, 5.41) is 16.4. The van der Waals surface area contributed by atoms with Crippen molar-refractivity contribution in [2.75, 3.05) is 13.7 Å². The number of aliphatic hydroxyl groups is 1. The molecule has 0 bridgehead atoms. The molecule has 0 aromatic heterocycles. The van der Waals surface area contributed by atoms with E-state index in [0.717, 1.165) is 7.11 Å². The van der Waals surface area contributed by atoms with Gasteiger partial charge in [-0.2, -0.15) is 0 Å². The predicted octanol–water partition coefficient (Wildman–Crippen LogP) is 0.282. The Balaban J connectivity index is 0. The lowest BCUT2D eigenvalue weighted by Crippen LogP contribution is -1.96. The van der Waals surface area contributed by atoms with Crippen LogP contribution in [0.2, 0.25) is 0 Å². The monoisotopic (exact) mass is 121 g/mol. The molecule has 0 amide bonds. The molecule has 0 heterocycles. The predicted molar refractivity (Wildman–Crippen MR) is 30.3 cm³/mol. The van der Waals surface area contributed by atoms with Crippen molar-refractivity contribution in [3.63, 3.8) is 0 Å². The van der Waals surface area contributed by atoms with Crippen LogP contribution >= 0.6 is 0 Å². The van der Waals surface area contributed by atoms with Crippen molar-refractivity contribution in [2.45, 2.75) is 13.3 Å². The average Bonchev–Trinajstić information content (AvgIpc) is 1.72. The molecular formula is C4H11NO3. The highest BCUT2D eigenvalue weighted by molar-refractivity contribution is 4.18. The summed E-state index contributed by atoms with van der Waals surface area (Å²) in [6.45, 7) is 1.88. The zero-order valence-corrected chi connectivity index (χ0v) is 5.13. The Morgan fingerprint density at radius 1 is 1.62 bits per heavy atom. The van der Waals surface area contributed by atoms with Crippen molar-refractivity contribution >= 4 is 0 Å². The molecule has 0 aliphatic rings. The van der Waals surface area contributed by atoms with E-state index < -0.39 is 0 Å². The van der Waals surface area contributed by atoms with Crippen LogP contribution in [0.3, 0.4) is 0 Å². The summed E-state index contributed by atoms with van der Waals surface area (Å²) in [6, 6.07) is 0. The minimum Gasteiger partial charge on any atom is -0.400 e. The molecule has 0 radical (unpaired) electrons. The first-order chi connectivity index (χ1) is 3.77. The van der Waals surface area contributed by atoms with E-state index in [4.69, 9.17) is 5.11 Å². The van der Waals surface area contributed by atoms with Crippen LogP contribution in [-0.2, 0) is 0 Å². The fourth-order valence-corrected chi connectivity index (χ4v) is 0.183. The summed E-state index contributed by atoms with van der Waals surface area (Å²) in [4.78, 5) is 9.09. The van der Waals surface area contributed by atoms with Gasteiger partial charge in [-0.05, 0) is 0 Å². The molecule has 8 heavy (non-hydrogen) atoms. The van der Waals surface area contributed by atoms with E-state index in [1.807, 2.05) is 0 Å². The molecule has 0 aliphatic heterocycles. The summed E-state index contributed by atoms with van der Waals surface area (Å²) in [6.07, 6.45) is 0.632. The zero-order valence-electron chi connectivity index (χ0n) is 5.13. The Morgan fingerprint density at radius 3 is 2.00 bits per heavy atom. The first-order valence-corrected chi connectivity index (χ1v) is 2.34. The summed E-state index contributed by atoms with van der Waals surface area (Å²) >= 11 is 0. The van der Waals surface area contributed by atoms with Crippen LogP contribution in [0.15, 0.2) is 0 Å². The van der Waals surface area contributed by atoms with E-state index >= 15 is 0 Å². The fourth-order valence-electron chi connectivity index (χ4n) is 0.183. The van der Waals surface area contributed by atoms with Crippen molar-refractivity contribution in [3.05, 3.63) is 10.1 Å². The Kier molecular flexibility index (Phi) is 12.5. The van der Waals surface area contributed by atoms with E-state index in [1.54, 1.807) is 6.92 Å². The summed E-state index contributed by atoms with van der Waals surface area (Å²) in [5.74, 6) is 0. The second-order valence-electron chi connectivity index (χ2n) is 1.06. The number of rotatable bonds is 2. The third kappa shape index (κ3) is 18.3. The molecule has 0 saturated heterocycles. The van der Waals surface area contributed by atoms with Crippen LogP contribution in [0.5, 0.6) is 0 Å². The second-order valence-corrected chi connectivity index (χ2v) is 1.06. The molecular weight excluding hydrogens is 110 g/mol. The van der Waals surface area contributed by atoms with Gasteiger partial charge in [-0.1, -0.05) is 6.92 Å². The van der Waals surface area contributed by atoms with Gasteiger partial charge in [-0.15, -0.1) is 0 Å². The lowest BCUT2D eigenvalue weighted by atomic mass is 10.5. The van der Waals surface area contributed by atoms with Crippen molar-refractivity contribution in [1.29, 1.82) is 0 Å². The van der Waals surface area contributed by atoms with Gasteiger partial charge in [0.2, 0.25) is 6.54 Å². The zero-order chi connectivity index (χ0) is 6.99. The highest BCUT2D eigenvalue weighted by Crippen LogP contribution is 1.72. The van der Waals surface area contributed by atoms with Crippen LogP contribution < -0.4 is 0 Å². The van der Waals surface area contributed by atoms with Crippen molar-refractivity contribution in [3.8, 4) is 0 Å². The Labute approximate surface area is 48.3 Å². The van der Waals surface area contributed by atoms with Gasteiger partial charge >= 0.3 is 0 Å². The molecule has 0 saturated carbocycles. The standard InChI is InChI=1S/C3H7NO2.CH4O/c1-2-3-4(5)6;1-2/h2-3H2,1H3;2H,1H3. The maximum atomic E-state index is 9.40. The minimum atomic E-state index is -0.319. The third-order valence-electron chi connectivity index (χ3n) is 0.406. The van der Waals surface area contributed by atoms with Crippen LogP contribution in [0.4, 0.5) is 0 Å². The normalized spacial score (nSPS) is 6.88. The van der Waals surface area contributed by atoms with Gasteiger partial charge in [-0.3, -0.25) is 10.1 Å². The van der Waals surface area contributed by atoms with Crippen LogP contribution in [0, 0.1) is 10.1 Å². The summed E-state index contributed by atoms with van der Waals surface area (Å²) < 4.78 is 0. The Hall–Kier alpha value is -0.640. The van der Waals surface area contributed by atoms with E-state index in [0.29, 0.717) is 6.42 Å². The van der Waals surface area contributed by atoms with Gasteiger partial charge < -0.3 is 5.11 Å². The first kappa shape index (κ1) is 10.4. The SMILES string of the molecule is CCC[N+](=O)[O-].CO. The second kappa shape index (κ2) is 9.61. The lowest BCUT2D eigenvalue weighted by molar-refractivity contribution is -0.479. The van der Waals surface area contributed by atoms with Crippen LogP contribution in [0.1, 0.15) is 13.3 Å². The van der Waals surface area contributed by atoms with Gasteiger partial charge in [0, 0.05) is 18.5 Å². The number of aliphatic hydroxyl groups excluding tert-OH is 1. The number of hydrogen-bond acceptors (Lipinski definition) is 3. The summed E-state index contributed by atoms with van der Waals surface area (Å²) in [5.41, 5.74) is 0. The Bertz CT molecular complexity index is 55.2.